The lowest BCUT2D eigenvalue weighted by Gasteiger charge is -2.15. The fraction of sp³-hybridized carbons (Fsp3) is 0.348. The summed E-state index contributed by atoms with van der Waals surface area (Å²) in [5.41, 5.74) is 15.4. The highest BCUT2D eigenvalue weighted by Gasteiger charge is 2.22. The Balaban J connectivity index is 1.72. The standard InChI is InChI=1S/C23H28N6O/c1-3-6-15(22(25)30)10-9-14(2)23-28-19(20-21(24)26-11-12-29(20)23)18-13-16-7-4-5-8-17(16)27-18/h4-5,7-8,11-15,27H,3,6,9-10H2,1-2H3,(H2,24,26)(H2,25,30)/t14?,15-/m1/s1. The normalized spacial score (nSPS) is 13.7. The maximum Gasteiger partial charge on any atom is 0.220 e. The minimum atomic E-state index is -0.218. The zero-order chi connectivity index (χ0) is 21.3. The van der Waals surface area contributed by atoms with Gasteiger partial charge in [-0.1, -0.05) is 38.5 Å². The SMILES string of the molecule is CCC[C@H](CCC(C)c1nc(-c2cc3ccccc3[nH]2)c2c(N)nccn12)C(N)=O. The predicted octanol–water partition coefficient (Wildman–Crippen LogP) is 4.25. The van der Waals surface area contributed by atoms with Crippen molar-refractivity contribution in [1.82, 2.24) is 19.4 Å². The zero-order valence-corrected chi connectivity index (χ0v) is 17.4. The number of nitrogens with one attached hydrogen (secondary N) is 1. The van der Waals surface area contributed by atoms with Gasteiger partial charge in [0.05, 0.1) is 5.69 Å². The molecule has 30 heavy (non-hydrogen) atoms. The number of aromatic amines is 1. The van der Waals surface area contributed by atoms with Crippen LogP contribution in [-0.2, 0) is 4.79 Å². The average molecular weight is 405 g/mol. The van der Waals surface area contributed by atoms with E-state index in [0.29, 0.717) is 5.82 Å². The van der Waals surface area contributed by atoms with Crippen molar-refractivity contribution in [3.8, 4) is 11.4 Å². The number of nitrogen functional groups attached to an aromatic ring is 1. The van der Waals surface area contributed by atoms with Gasteiger partial charge < -0.3 is 16.5 Å². The first-order chi connectivity index (χ1) is 14.5. The number of para-hydroxylation sites is 1. The molecular weight excluding hydrogens is 376 g/mol. The Bertz CT molecular complexity index is 1160. The summed E-state index contributed by atoms with van der Waals surface area (Å²) in [4.78, 5) is 24.5. The van der Waals surface area contributed by atoms with Crippen molar-refractivity contribution in [2.75, 3.05) is 5.73 Å². The Labute approximate surface area is 175 Å². The largest absolute Gasteiger partial charge is 0.382 e. The zero-order valence-electron chi connectivity index (χ0n) is 17.4. The van der Waals surface area contributed by atoms with Gasteiger partial charge >= 0.3 is 0 Å². The summed E-state index contributed by atoms with van der Waals surface area (Å²) in [6, 6.07) is 10.2. The van der Waals surface area contributed by atoms with Gasteiger partial charge in [-0.05, 0) is 31.4 Å². The van der Waals surface area contributed by atoms with E-state index >= 15 is 0 Å². The lowest BCUT2D eigenvalue weighted by atomic mass is 9.92. The first-order valence-corrected chi connectivity index (χ1v) is 10.5. The summed E-state index contributed by atoms with van der Waals surface area (Å²) < 4.78 is 2.02. The van der Waals surface area contributed by atoms with Crippen LogP contribution in [0.15, 0.2) is 42.7 Å². The van der Waals surface area contributed by atoms with E-state index in [9.17, 15) is 4.79 Å². The summed E-state index contributed by atoms with van der Waals surface area (Å²) in [5, 5.41) is 1.12. The first-order valence-electron chi connectivity index (χ1n) is 10.5. The molecule has 4 aromatic rings. The molecular formula is C23H28N6O. The molecule has 0 spiro atoms. The molecule has 0 bridgehead atoms. The van der Waals surface area contributed by atoms with Gasteiger partial charge in [0.1, 0.15) is 22.9 Å². The van der Waals surface area contributed by atoms with Gasteiger partial charge in [-0.25, -0.2) is 9.97 Å². The number of H-pyrrole nitrogens is 1. The number of aromatic nitrogens is 4. The summed E-state index contributed by atoms with van der Waals surface area (Å²) in [6.45, 7) is 4.20. The van der Waals surface area contributed by atoms with Gasteiger partial charge in [-0.3, -0.25) is 9.20 Å². The third-order valence-electron chi connectivity index (χ3n) is 5.82. The van der Waals surface area contributed by atoms with E-state index in [1.54, 1.807) is 6.20 Å². The van der Waals surface area contributed by atoms with Crippen LogP contribution in [0.5, 0.6) is 0 Å². The van der Waals surface area contributed by atoms with Crippen LogP contribution in [0, 0.1) is 5.92 Å². The van der Waals surface area contributed by atoms with Crippen molar-refractivity contribution in [1.29, 1.82) is 0 Å². The predicted molar refractivity (Wildman–Crippen MR) is 120 cm³/mol. The number of carbonyl (C=O) groups excluding carboxylic acids is 1. The van der Waals surface area contributed by atoms with E-state index < -0.39 is 0 Å². The lowest BCUT2D eigenvalue weighted by Crippen LogP contribution is -2.23. The number of amides is 1. The Kier molecular flexibility index (Phi) is 5.44. The maximum absolute atomic E-state index is 11.7. The van der Waals surface area contributed by atoms with E-state index in [-0.39, 0.29) is 17.7 Å². The Hall–Kier alpha value is -3.35. The average Bonchev–Trinajstić information content (AvgIpc) is 3.33. The topological polar surface area (TPSA) is 115 Å². The molecule has 0 radical (unpaired) electrons. The Morgan fingerprint density at radius 2 is 2.03 bits per heavy atom. The monoisotopic (exact) mass is 404 g/mol. The van der Waals surface area contributed by atoms with Crippen molar-refractivity contribution < 1.29 is 4.79 Å². The number of carbonyl (C=O) groups is 1. The van der Waals surface area contributed by atoms with Crippen LogP contribution in [0.25, 0.3) is 27.8 Å². The van der Waals surface area contributed by atoms with Crippen molar-refractivity contribution in [2.24, 2.45) is 11.7 Å². The molecule has 7 heteroatoms. The second kappa shape index (κ2) is 8.18. The van der Waals surface area contributed by atoms with Gasteiger partial charge in [0.15, 0.2) is 0 Å². The number of rotatable bonds is 8. The van der Waals surface area contributed by atoms with Crippen LogP contribution >= 0.6 is 0 Å². The summed E-state index contributed by atoms with van der Waals surface area (Å²) >= 11 is 0. The smallest absolute Gasteiger partial charge is 0.220 e. The minimum absolute atomic E-state index is 0.0939. The molecule has 7 nitrogen and oxygen atoms in total. The second-order valence-electron chi connectivity index (χ2n) is 7.99. The molecule has 0 saturated heterocycles. The number of hydrogen-bond donors (Lipinski definition) is 3. The number of nitrogens with two attached hydrogens (primary N) is 2. The quantitative estimate of drug-likeness (QED) is 0.407. The fourth-order valence-corrected chi connectivity index (χ4v) is 4.18. The van der Waals surface area contributed by atoms with Gasteiger partial charge in [0.2, 0.25) is 5.91 Å². The van der Waals surface area contributed by atoms with E-state index in [0.717, 1.165) is 59.3 Å². The van der Waals surface area contributed by atoms with Crippen molar-refractivity contribution >= 4 is 28.1 Å². The van der Waals surface area contributed by atoms with Crippen LogP contribution in [0.4, 0.5) is 5.82 Å². The van der Waals surface area contributed by atoms with Crippen LogP contribution in [0.2, 0.25) is 0 Å². The number of anilines is 1. The summed E-state index contributed by atoms with van der Waals surface area (Å²) in [7, 11) is 0. The molecule has 156 valence electrons. The molecule has 0 aliphatic heterocycles. The molecule has 3 heterocycles. The molecule has 4 rings (SSSR count). The molecule has 0 aliphatic carbocycles. The summed E-state index contributed by atoms with van der Waals surface area (Å²) in [5.74, 6) is 1.18. The number of nitrogens with zero attached hydrogens (tertiary/aromatic N) is 3. The molecule has 0 saturated carbocycles. The molecule has 0 aliphatic rings. The first kappa shape index (κ1) is 19.9. The number of hydrogen-bond acceptors (Lipinski definition) is 4. The molecule has 2 atom stereocenters. The maximum atomic E-state index is 11.7. The second-order valence-corrected chi connectivity index (χ2v) is 7.99. The number of benzene rings is 1. The highest BCUT2D eigenvalue weighted by Crippen LogP contribution is 2.33. The molecule has 1 aromatic carbocycles. The molecule has 1 unspecified atom stereocenters. The molecule has 1 amide bonds. The third-order valence-corrected chi connectivity index (χ3v) is 5.82. The molecule has 0 fully saturated rings. The van der Waals surface area contributed by atoms with Crippen molar-refractivity contribution in [3.05, 3.63) is 48.5 Å². The van der Waals surface area contributed by atoms with Gasteiger partial charge in [0.25, 0.3) is 0 Å². The highest BCUT2D eigenvalue weighted by molar-refractivity contribution is 5.91. The number of primary amides is 1. The van der Waals surface area contributed by atoms with E-state index in [4.69, 9.17) is 16.5 Å². The number of imidazole rings is 1. The van der Waals surface area contributed by atoms with Crippen LogP contribution in [0.3, 0.4) is 0 Å². The van der Waals surface area contributed by atoms with Crippen molar-refractivity contribution in [2.45, 2.75) is 45.4 Å². The molecule has 5 N–H and O–H groups in total. The summed E-state index contributed by atoms with van der Waals surface area (Å²) in [6.07, 6.45) is 6.93. The van der Waals surface area contributed by atoms with Gasteiger partial charge in [-0.2, -0.15) is 0 Å². The number of fused-ring (bicyclic) bond motifs is 2. The Morgan fingerprint density at radius 3 is 2.77 bits per heavy atom. The van der Waals surface area contributed by atoms with Gasteiger partial charge in [-0.15, -0.1) is 0 Å². The van der Waals surface area contributed by atoms with E-state index in [1.165, 1.54) is 0 Å². The van der Waals surface area contributed by atoms with Crippen LogP contribution < -0.4 is 11.5 Å². The van der Waals surface area contributed by atoms with E-state index in [2.05, 4.69) is 35.9 Å². The highest BCUT2D eigenvalue weighted by atomic mass is 16.1. The Morgan fingerprint density at radius 1 is 1.23 bits per heavy atom. The third kappa shape index (κ3) is 3.63. The van der Waals surface area contributed by atoms with E-state index in [1.807, 2.05) is 28.8 Å². The lowest BCUT2D eigenvalue weighted by molar-refractivity contribution is -0.122. The van der Waals surface area contributed by atoms with Crippen LogP contribution in [0.1, 0.15) is 51.3 Å². The van der Waals surface area contributed by atoms with Crippen molar-refractivity contribution in [3.63, 3.8) is 0 Å². The van der Waals surface area contributed by atoms with Crippen LogP contribution in [-0.4, -0.2) is 25.3 Å². The van der Waals surface area contributed by atoms with Gasteiger partial charge in [0, 0.05) is 35.1 Å². The fourth-order valence-electron chi connectivity index (χ4n) is 4.18. The molecule has 3 aromatic heterocycles. The minimum Gasteiger partial charge on any atom is -0.382 e.